The van der Waals surface area contributed by atoms with Gasteiger partial charge in [-0.25, -0.2) is 0 Å². The van der Waals surface area contributed by atoms with Gasteiger partial charge in [-0.2, -0.15) is 0 Å². The number of rotatable bonds is 2. The summed E-state index contributed by atoms with van der Waals surface area (Å²) in [7, 11) is 0. The maximum absolute atomic E-state index is 4.46. The minimum atomic E-state index is -1.60. The van der Waals surface area contributed by atoms with Gasteiger partial charge in [0.2, 0.25) is 0 Å². The van der Waals surface area contributed by atoms with E-state index in [-0.39, 0.29) is 24.8 Å². The van der Waals surface area contributed by atoms with E-state index >= 15 is 0 Å². The molecule has 3 heteroatoms. The average molecular weight is 336 g/mol. The van der Waals surface area contributed by atoms with Crippen molar-refractivity contribution in [2.45, 2.75) is 26.7 Å². The van der Waals surface area contributed by atoms with E-state index in [4.69, 9.17) is 0 Å². The molecular weight excluding hydrogens is 318 g/mol. The summed E-state index contributed by atoms with van der Waals surface area (Å²) < 4.78 is 7.80. The van der Waals surface area contributed by atoms with Crippen molar-refractivity contribution in [2.24, 2.45) is 0 Å². The van der Waals surface area contributed by atoms with Gasteiger partial charge in [0.15, 0.2) is 0 Å². The summed E-state index contributed by atoms with van der Waals surface area (Å²) >= 11 is -1.60. The molecule has 0 N–H and O–H groups in total. The van der Waals surface area contributed by atoms with Crippen molar-refractivity contribution in [3.05, 3.63) is 42.0 Å². The van der Waals surface area contributed by atoms with Crippen LogP contribution in [0.15, 0.2) is 42.0 Å². The number of halogens is 2. The monoisotopic (exact) mass is 334 g/mol. The average Bonchev–Trinajstić information content (AvgIpc) is 2.76. The molecule has 0 aromatic heterocycles. The van der Waals surface area contributed by atoms with Gasteiger partial charge in [-0.1, -0.05) is 0 Å². The molecule has 0 unspecified atom stereocenters. The molecule has 2 aliphatic rings. The van der Waals surface area contributed by atoms with Crippen LogP contribution in [-0.4, -0.2) is 4.21 Å². The zero-order valence-electron chi connectivity index (χ0n) is 9.75. The summed E-state index contributed by atoms with van der Waals surface area (Å²) in [5.41, 5.74) is 3.03. The van der Waals surface area contributed by atoms with Crippen LogP contribution >= 0.6 is 24.8 Å². The molecule has 0 bridgehead atoms. The first-order chi connectivity index (χ1) is 6.68. The predicted octanol–water partition coefficient (Wildman–Crippen LogP) is 4.35. The van der Waals surface area contributed by atoms with E-state index in [2.05, 4.69) is 42.4 Å². The van der Waals surface area contributed by atoms with Crippen molar-refractivity contribution >= 4 is 29.0 Å². The molecule has 0 amide bonds. The van der Waals surface area contributed by atoms with E-state index < -0.39 is 21.3 Å². The SMILES string of the molecule is Cl.Cl.[CH2]=[Zr]([C]1=CC=CC1)[C]1=CC(C)=C(C)C1. The molecule has 2 rings (SSSR count). The second-order valence-electron chi connectivity index (χ2n) is 4.11. The van der Waals surface area contributed by atoms with Gasteiger partial charge in [-0.05, 0) is 0 Å². The number of allylic oxidation sites excluding steroid dienone is 8. The van der Waals surface area contributed by atoms with E-state index in [1.54, 1.807) is 12.1 Å². The molecule has 0 fully saturated rings. The Bertz CT molecular complexity index is 412. The third-order valence-electron chi connectivity index (χ3n) is 3.07. The molecule has 0 aromatic rings. The van der Waals surface area contributed by atoms with Crippen molar-refractivity contribution in [3.63, 3.8) is 0 Å². The summed E-state index contributed by atoms with van der Waals surface area (Å²) in [5.74, 6) is 0. The second kappa shape index (κ2) is 6.89. The fourth-order valence-electron chi connectivity index (χ4n) is 1.93. The number of hydrogen-bond donors (Lipinski definition) is 0. The summed E-state index contributed by atoms with van der Waals surface area (Å²) in [6.07, 6.45) is 11.5. The van der Waals surface area contributed by atoms with Crippen LogP contribution in [0, 0.1) is 0 Å². The topological polar surface area (TPSA) is 0 Å². The molecule has 0 aromatic carbocycles. The third kappa shape index (κ3) is 3.39. The Labute approximate surface area is 118 Å². The van der Waals surface area contributed by atoms with E-state index in [0.717, 1.165) is 0 Å². The van der Waals surface area contributed by atoms with Crippen LogP contribution in [0.25, 0.3) is 0 Å². The quantitative estimate of drug-likeness (QED) is 0.703. The Balaban J connectivity index is 0.00000112. The van der Waals surface area contributed by atoms with Crippen molar-refractivity contribution in [2.75, 3.05) is 0 Å². The molecule has 88 valence electrons. The molecule has 16 heavy (non-hydrogen) atoms. The molecule has 0 heterocycles. The van der Waals surface area contributed by atoms with E-state index in [1.807, 2.05) is 0 Å². The standard InChI is InChI=1S/C7H9.C5H5.CH2.2ClH.Zr/c1-6-4-3-5-7(6)2;1-2-4-5-3-1;;;;/h4H,5H2,1-2H3;1-3H,4H2;1H2;2*1H;. The Kier molecular flexibility index (Phi) is 7.02. The van der Waals surface area contributed by atoms with Gasteiger partial charge < -0.3 is 0 Å². The normalized spacial score (nSPS) is 17.6. The first-order valence-corrected chi connectivity index (χ1v) is 9.30. The van der Waals surface area contributed by atoms with Gasteiger partial charge in [0.25, 0.3) is 0 Å². The summed E-state index contributed by atoms with van der Waals surface area (Å²) in [6.45, 7) is 4.47. The Morgan fingerprint density at radius 1 is 1.19 bits per heavy atom. The number of hydrogen-bond acceptors (Lipinski definition) is 0. The molecule has 0 atom stereocenters. The van der Waals surface area contributed by atoms with E-state index in [9.17, 15) is 0 Å². The molecule has 0 aliphatic heterocycles. The molecular formula is C13H18Cl2Zr. The Morgan fingerprint density at radius 3 is 2.31 bits per heavy atom. The molecule has 0 radical (unpaired) electrons. The van der Waals surface area contributed by atoms with E-state index in [0.29, 0.717) is 0 Å². The van der Waals surface area contributed by atoms with Crippen LogP contribution in [0.3, 0.4) is 0 Å². The van der Waals surface area contributed by atoms with Gasteiger partial charge >= 0.3 is 94.2 Å². The Hall–Kier alpha value is 0.293. The van der Waals surface area contributed by atoms with Gasteiger partial charge in [0.05, 0.1) is 0 Å². The van der Waals surface area contributed by atoms with Gasteiger partial charge in [0.1, 0.15) is 0 Å². The first kappa shape index (κ1) is 16.3. The van der Waals surface area contributed by atoms with Gasteiger partial charge in [-0.15, -0.1) is 24.8 Å². The van der Waals surface area contributed by atoms with Crippen molar-refractivity contribution in [1.29, 1.82) is 0 Å². The fraction of sp³-hybridized carbons (Fsp3) is 0.308. The van der Waals surface area contributed by atoms with Crippen LogP contribution in [0.1, 0.15) is 26.7 Å². The van der Waals surface area contributed by atoms with Crippen molar-refractivity contribution < 1.29 is 21.3 Å². The van der Waals surface area contributed by atoms with Crippen LogP contribution in [0.4, 0.5) is 0 Å². The molecule has 0 saturated carbocycles. The van der Waals surface area contributed by atoms with Crippen molar-refractivity contribution in [1.82, 2.24) is 0 Å². The zero-order chi connectivity index (χ0) is 10.1. The summed E-state index contributed by atoms with van der Waals surface area (Å²) in [4.78, 5) is 0. The molecule has 0 spiro atoms. The van der Waals surface area contributed by atoms with Crippen LogP contribution < -0.4 is 0 Å². The van der Waals surface area contributed by atoms with Crippen LogP contribution in [0.5, 0.6) is 0 Å². The maximum atomic E-state index is 4.46. The fourth-order valence-corrected chi connectivity index (χ4v) is 6.71. The molecule has 0 saturated heterocycles. The van der Waals surface area contributed by atoms with E-state index in [1.165, 1.54) is 18.4 Å². The summed E-state index contributed by atoms with van der Waals surface area (Å²) in [5, 5.41) is 0. The zero-order valence-corrected chi connectivity index (χ0v) is 13.8. The first-order valence-electron chi connectivity index (χ1n) is 5.11. The van der Waals surface area contributed by atoms with Crippen LogP contribution in [-0.2, 0) is 21.3 Å². The minimum absolute atomic E-state index is 0. The van der Waals surface area contributed by atoms with Crippen LogP contribution in [0.2, 0.25) is 0 Å². The van der Waals surface area contributed by atoms with Crippen molar-refractivity contribution in [3.8, 4) is 0 Å². The predicted molar refractivity (Wildman–Crippen MR) is 74.5 cm³/mol. The van der Waals surface area contributed by atoms with Gasteiger partial charge in [0, 0.05) is 0 Å². The molecule has 0 nitrogen and oxygen atoms in total. The van der Waals surface area contributed by atoms with Gasteiger partial charge in [-0.3, -0.25) is 0 Å². The summed E-state index contributed by atoms with van der Waals surface area (Å²) in [6, 6.07) is 0. The molecule has 2 aliphatic carbocycles. The Morgan fingerprint density at radius 2 is 1.88 bits per heavy atom. The second-order valence-corrected chi connectivity index (χ2v) is 9.62. The third-order valence-corrected chi connectivity index (χ3v) is 8.58.